The highest BCUT2D eigenvalue weighted by Crippen LogP contribution is 2.53. The molecule has 32 heteroatoms. The third-order valence-electron chi connectivity index (χ3n) is 22.0. The molecule has 5 saturated carbocycles. The van der Waals surface area contributed by atoms with E-state index in [9.17, 15) is 76.7 Å². The van der Waals surface area contributed by atoms with E-state index in [1.807, 2.05) is 13.8 Å². The van der Waals surface area contributed by atoms with Crippen molar-refractivity contribution < 1.29 is 115 Å². The fourth-order valence-corrected chi connectivity index (χ4v) is 16.4. The molecule has 11 atom stereocenters. The van der Waals surface area contributed by atoms with E-state index >= 15 is 0 Å². The van der Waals surface area contributed by atoms with Crippen LogP contribution >= 0.6 is 0 Å². The summed E-state index contributed by atoms with van der Waals surface area (Å²) in [6, 6.07) is 0. The van der Waals surface area contributed by atoms with E-state index in [-0.39, 0.29) is 161 Å². The standard InChI is InChI=1S/C12H17NO3.C11H17NO3.C11H19NO3.C10H15NO3.C9H15NO3.C8H11NO3.C6H9NO3.C5H7NO3/c1-16-13-11(14)6-10(12(13)15)9-5-7-2-3-8(9)4-7;1-15-12-10(13)7-9(11(12)14)8-5-3-2-4-6-8;1-3-4-5-6-7-9-8-10(13)12(15-2)11(9)14;1-14-11-9(12)6-8(10(11)13)7-4-2-3-5-7;1-4-6-7(5-2)9(12)10(13-3)8(6)11;1-12-9-7(10)4-6(8(9)11)5-2-3-5;1-4-3-5(8)7(10-2)6(4)9;1-9-6-4(7)2-3-5(6)8/h7-10H,2-6H2,1H3;8-9H,2-7H2,1H3;9H,3-8H2,1-2H3;7-8H,2-6H2,1H3;6-7H,4-5H2,1-3H3;5-6H,2-4H2,1H3;4H,3H2,1-2H3;2-3H2,1H3. The molecule has 0 aromatic carbocycles. The maximum atomic E-state index is 12.0. The van der Waals surface area contributed by atoms with E-state index in [1.54, 1.807) is 6.92 Å². The van der Waals surface area contributed by atoms with Crippen LogP contribution in [0.15, 0.2) is 0 Å². The largest absolute Gasteiger partial charge is 0.272 e. The lowest BCUT2D eigenvalue weighted by Crippen LogP contribution is -2.32. The molecule has 32 nitrogen and oxygen atoms in total. The van der Waals surface area contributed by atoms with Gasteiger partial charge in [0.2, 0.25) is 0 Å². The van der Waals surface area contributed by atoms with E-state index in [1.165, 1.54) is 121 Å². The first-order valence-electron chi connectivity index (χ1n) is 37.0. The third kappa shape index (κ3) is 21.1. The van der Waals surface area contributed by atoms with E-state index in [0.29, 0.717) is 74.5 Å². The van der Waals surface area contributed by atoms with Gasteiger partial charge in [0.05, 0.1) is 92.4 Å². The Morgan fingerprint density at radius 3 is 0.962 bits per heavy atom. The molecule has 13 aliphatic rings. The number of hydrogen-bond acceptors (Lipinski definition) is 24. The second-order valence-electron chi connectivity index (χ2n) is 28.4. The number of imide groups is 8. The number of nitrogens with zero attached hydrogens (tertiary/aromatic N) is 8. The van der Waals surface area contributed by atoms with Crippen LogP contribution in [0, 0.1) is 82.9 Å². The second kappa shape index (κ2) is 41.1. The maximum Gasteiger partial charge on any atom is 0.257 e. The van der Waals surface area contributed by atoms with Gasteiger partial charge in [0.15, 0.2) is 0 Å². The van der Waals surface area contributed by atoms with Gasteiger partial charge >= 0.3 is 0 Å². The van der Waals surface area contributed by atoms with E-state index < -0.39 is 0 Å². The highest BCUT2D eigenvalue weighted by molar-refractivity contribution is 6.06. The first-order valence-corrected chi connectivity index (χ1v) is 37.0. The van der Waals surface area contributed by atoms with Crippen molar-refractivity contribution in [3.05, 3.63) is 0 Å². The van der Waals surface area contributed by atoms with Gasteiger partial charge in [-0.05, 0) is 113 Å². The third-order valence-corrected chi connectivity index (χ3v) is 22.0. The summed E-state index contributed by atoms with van der Waals surface area (Å²) in [5.41, 5.74) is 0. The predicted octanol–water partition coefficient (Wildman–Crippen LogP) is 6.81. The Balaban J connectivity index is 0.000000188. The van der Waals surface area contributed by atoms with E-state index in [2.05, 4.69) is 21.4 Å². The molecule has 0 N–H and O–H groups in total. The number of unbranched alkanes of at least 4 members (excludes halogenated alkanes) is 3. The summed E-state index contributed by atoms with van der Waals surface area (Å²) in [6.45, 7) is 7.69. The molecule has 582 valence electrons. The zero-order valence-electron chi connectivity index (χ0n) is 62.7. The van der Waals surface area contributed by atoms with Gasteiger partial charge in [0, 0.05) is 63.2 Å². The molecule has 8 aliphatic heterocycles. The summed E-state index contributed by atoms with van der Waals surface area (Å²) < 4.78 is 0. The highest BCUT2D eigenvalue weighted by Gasteiger charge is 2.53. The Morgan fingerprint density at radius 1 is 0.308 bits per heavy atom. The molecule has 8 saturated heterocycles. The Morgan fingerprint density at radius 2 is 0.654 bits per heavy atom. The molecule has 13 fully saturated rings. The van der Waals surface area contributed by atoms with Crippen molar-refractivity contribution in [3.63, 3.8) is 0 Å². The van der Waals surface area contributed by atoms with Crippen LogP contribution in [0.2, 0.25) is 0 Å². The molecule has 0 spiro atoms. The van der Waals surface area contributed by atoms with Crippen LogP contribution in [-0.4, -0.2) is 192 Å². The smallest absolute Gasteiger partial charge is 0.257 e. The Bertz CT molecular complexity index is 3060. The van der Waals surface area contributed by atoms with E-state index in [4.69, 9.17) is 24.2 Å². The molecule has 104 heavy (non-hydrogen) atoms. The normalized spacial score (nSPS) is 29.0. The van der Waals surface area contributed by atoms with Crippen LogP contribution in [-0.2, 0) is 115 Å². The van der Waals surface area contributed by atoms with Crippen molar-refractivity contribution in [2.75, 3.05) is 56.9 Å². The Kier molecular flexibility index (Phi) is 33.8. The molecule has 16 amide bonds. The Labute approximate surface area is 608 Å². The molecule has 0 radical (unpaired) electrons. The van der Waals surface area contributed by atoms with Crippen molar-refractivity contribution in [2.45, 2.75) is 220 Å². The van der Waals surface area contributed by atoms with Crippen LogP contribution in [0.5, 0.6) is 0 Å². The number of carbonyl (C=O) groups excluding carboxylic acids is 16. The van der Waals surface area contributed by atoms with Gasteiger partial charge in [-0.3, -0.25) is 115 Å². The molecule has 5 aliphatic carbocycles. The molecule has 0 aromatic heterocycles. The fourth-order valence-electron chi connectivity index (χ4n) is 16.4. The number of amides is 16. The average molecular weight is 1470 g/mol. The van der Waals surface area contributed by atoms with Crippen molar-refractivity contribution in [3.8, 4) is 0 Å². The summed E-state index contributed by atoms with van der Waals surface area (Å²) in [6.07, 6.45) is 26.8. The molecule has 2 bridgehead atoms. The van der Waals surface area contributed by atoms with Gasteiger partial charge in [0.1, 0.15) is 0 Å². The van der Waals surface area contributed by atoms with Gasteiger partial charge in [-0.1, -0.05) is 91.9 Å². The summed E-state index contributed by atoms with van der Waals surface area (Å²) >= 11 is 0. The van der Waals surface area contributed by atoms with Gasteiger partial charge in [0.25, 0.3) is 94.5 Å². The summed E-state index contributed by atoms with van der Waals surface area (Å²) in [7, 11) is 10.8. The number of rotatable bonds is 19. The lowest BCUT2D eigenvalue weighted by Gasteiger charge is -2.25. The van der Waals surface area contributed by atoms with Crippen LogP contribution in [0.1, 0.15) is 220 Å². The fraction of sp³-hybridized carbons (Fsp3) is 0.778. The summed E-state index contributed by atoms with van der Waals surface area (Å²) in [4.78, 5) is 219. The number of hydroxylamine groups is 16. The quantitative estimate of drug-likeness (QED) is 0.0946. The summed E-state index contributed by atoms with van der Waals surface area (Å²) in [5.74, 6) is -0.930. The minimum atomic E-state index is -0.250. The molecular weight excluding hydrogens is 1360 g/mol. The molecule has 0 aromatic rings. The van der Waals surface area contributed by atoms with Gasteiger partial charge < -0.3 is 0 Å². The minimum absolute atomic E-state index is 0.0857. The zero-order valence-corrected chi connectivity index (χ0v) is 62.7. The monoisotopic (exact) mass is 1470 g/mol. The first-order chi connectivity index (χ1) is 49.7. The number of fused-ring (bicyclic) bond motifs is 2. The molecule has 8 heterocycles. The Hall–Kier alpha value is -7.20. The van der Waals surface area contributed by atoms with Crippen LogP contribution in [0.4, 0.5) is 0 Å². The number of carbonyl (C=O) groups is 16. The SMILES string of the molecule is CCC1C(=O)N(OC)C(=O)C1CC.CCCCCCC1CC(=O)N(OC)C1=O.CON1C(=O)CC(C)C1=O.CON1C(=O)CC(C2CC2)C1=O.CON1C(=O)CC(C2CC3CCC2C3)C1=O.CON1C(=O)CC(C2CCCC2)C1=O.CON1C(=O)CC(C2CCCCC2)C1=O.CON1C(=O)CCC1=O. The van der Waals surface area contributed by atoms with Crippen LogP contribution in [0.3, 0.4) is 0 Å². The summed E-state index contributed by atoms with van der Waals surface area (Å²) in [5, 5.41) is 7.08. The number of hydrogen-bond donors (Lipinski definition) is 0. The first kappa shape index (κ1) is 85.7. The lowest BCUT2D eigenvalue weighted by atomic mass is 9.78. The lowest BCUT2D eigenvalue weighted by molar-refractivity contribution is -0.182. The maximum absolute atomic E-state index is 12.0. The van der Waals surface area contributed by atoms with Crippen molar-refractivity contribution in [1.82, 2.24) is 40.5 Å². The van der Waals surface area contributed by atoms with E-state index in [0.717, 1.165) is 111 Å². The van der Waals surface area contributed by atoms with Crippen LogP contribution in [0.25, 0.3) is 0 Å². The highest BCUT2D eigenvalue weighted by atomic mass is 16.7. The predicted molar refractivity (Wildman–Crippen MR) is 361 cm³/mol. The minimum Gasteiger partial charge on any atom is -0.272 e. The second-order valence-corrected chi connectivity index (χ2v) is 28.4. The molecular formula is C72H110N8O24. The van der Waals surface area contributed by atoms with Gasteiger partial charge in [-0.15, -0.1) is 0 Å². The average Bonchev–Trinajstić information content (AvgIpc) is 1.63. The van der Waals surface area contributed by atoms with Crippen LogP contribution < -0.4 is 0 Å². The molecule has 11 unspecified atom stereocenters. The van der Waals surface area contributed by atoms with Crippen molar-refractivity contribution in [1.29, 1.82) is 0 Å². The van der Waals surface area contributed by atoms with Gasteiger partial charge in [-0.25, -0.2) is 0 Å². The van der Waals surface area contributed by atoms with Gasteiger partial charge in [-0.2, -0.15) is 40.5 Å². The van der Waals surface area contributed by atoms with Crippen molar-refractivity contribution in [2.24, 2.45) is 82.9 Å². The zero-order chi connectivity index (χ0) is 76.8. The molecule has 13 rings (SSSR count). The topological polar surface area (TPSA) is 373 Å². The van der Waals surface area contributed by atoms with Crippen molar-refractivity contribution >= 4 is 94.5 Å².